The lowest BCUT2D eigenvalue weighted by molar-refractivity contribution is -0.143. The summed E-state index contributed by atoms with van der Waals surface area (Å²) in [5.74, 6) is -5.14. The van der Waals surface area contributed by atoms with Crippen LogP contribution in [0.2, 0.25) is 0 Å². The molecule has 0 amide bonds. The molecule has 7 N–H and O–H groups in total. The molecular formula is C11H19NO10. The van der Waals surface area contributed by atoms with Gasteiger partial charge in [0.1, 0.15) is 0 Å². The van der Waals surface area contributed by atoms with E-state index in [2.05, 4.69) is 0 Å². The molecule has 0 heterocycles. The second-order valence-corrected chi connectivity index (χ2v) is 3.51. The third-order valence-corrected chi connectivity index (χ3v) is 1.46. The molecule has 0 unspecified atom stereocenters. The molecule has 0 saturated carbocycles. The Morgan fingerprint density at radius 3 is 0.727 bits per heavy atom. The third kappa shape index (κ3) is 43.3. The number of rotatable bonds is 8. The van der Waals surface area contributed by atoms with Crippen LogP contribution in [0.4, 0.5) is 0 Å². The molecule has 0 aliphatic heterocycles. The highest BCUT2D eigenvalue weighted by molar-refractivity contribution is 5.75. The van der Waals surface area contributed by atoms with E-state index in [0.717, 1.165) is 0 Å². The average molecular weight is 325 g/mol. The summed E-state index contributed by atoms with van der Waals surface area (Å²) in [6.45, 7) is 0.231. The number of nitrogens with two attached hydrogens (primary N) is 1. The Bertz CT molecular complexity index is 323. The van der Waals surface area contributed by atoms with E-state index in [1.807, 2.05) is 0 Å². The molecule has 0 spiro atoms. The maximum absolute atomic E-state index is 9.64. The summed E-state index contributed by atoms with van der Waals surface area (Å²) in [6.07, 6.45) is -1.12. The largest absolute Gasteiger partial charge is 0.481 e. The normalized spacial score (nSPS) is 8.41. The monoisotopic (exact) mass is 325 g/mol. The number of carboxylic acid groups (broad SMARTS) is 5. The van der Waals surface area contributed by atoms with Crippen molar-refractivity contribution in [3.05, 3.63) is 0 Å². The van der Waals surface area contributed by atoms with Gasteiger partial charge in [-0.1, -0.05) is 0 Å². The summed E-state index contributed by atoms with van der Waals surface area (Å²) >= 11 is 0. The van der Waals surface area contributed by atoms with Gasteiger partial charge in [0.2, 0.25) is 0 Å². The van der Waals surface area contributed by atoms with Crippen LogP contribution >= 0.6 is 0 Å². The molecule has 0 saturated heterocycles. The van der Waals surface area contributed by atoms with Gasteiger partial charge in [-0.2, -0.15) is 0 Å². The van der Waals surface area contributed by atoms with Crippen LogP contribution in [0.5, 0.6) is 0 Å². The van der Waals surface area contributed by atoms with Crippen LogP contribution in [0.25, 0.3) is 0 Å². The fourth-order valence-electron chi connectivity index (χ4n) is 0.551. The lowest BCUT2D eigenvalue weighted by Crippen LogP contribution is -2.05. The molecule has 0 aromatic heterocycles. The smallest absolute Gasteiger partial charge is 0.304 e. The summed E-state index contributed by atoms with van der Waals surface area (Å²) in [5.41, 5.74) is 4.85. The highest BCUT2D eigenvalue weighted by atomic mass is 16.4. The molecule has 11 heteroatoms. The first kappa shape index (κ1) is 24.3. The first-order chi connectivity index (χ1) is 10.0. The van der Waals surface area contributed by atoms with Crippen molar-refractivity contribution in [1.82, 2.24) is 0 Å². The van der Waals surface area contributed by atoms with Crippen LogP contribution in [0.1, 0.15) is 32.1 Å². The zero-order valence-electron chi connectivity index (χ0n) is 11.6. The zero-order chi connectivity index (χ0) is 18.1. The van der Waals surface area contributed by atoms with E-state index >= 15 is 0 Å². The molecule has 128 valence electrons. The first-order valence-electron chi connectivity index (χ1n) is 5.81. The van der Waals surface area contributed by atoms with Crippen LogP contribution in [-0.4, -0.2) is 61.9 Å². The lowest BCUT2D eigenvalue weighted by atomic mass is 10.3. The van der Waals surface area contributed by atoms with E-state index in [1.165, 1.54) is 0 Å². The van der Waals surface area contributed by atoms with Gasteiger partial charge in [0.15, 0.2) is 0 Å². The molecule has 0 bridgehead atoms. The van der Waals surface area contributed by atoms with Gasteiger partial charge >= 0.3 is 29.8 Å². The van der Waals surface area contributed by atoms with E-state index in [4.69, 9.17) is 31.3 Å². The molecule has 0 fully saturated rings. The summed E-state index contributed by atoms with van der Waals surface area (Å²) in [6, 6.07) is 0. The van der Waals surface area contributed by atoms with Crippen LogP contribution in [0.15, 0.2) is 0 Å². The number of hydrogen-bond acceptors (Lipinski definition) is 6. The van der Waals surface area contributed by atoms with Gasteiger partial charge in [0.25, 0.3) is 0 Å². The van der Waals surface area contributed by atoms with Gasteiger partial charge in [0, 0.05) is 6.54 Å². The van der Waals surface area contributed by atoms with E-state index in [-0.39, 0.29) is 38.6 Å². The van der Waals surface area contributed by atoms with Gasteiger partial charge in [-0.25, -0.2) is 0 Å². The van der Waals surface area contributed by atoms with Crippen molar-refractivity contribution in [2.24, 2.45) is 5.73 Å². The third-order valence-electron chi connectivity index (χ3n) is 1.46. The van der Waals surface area contributed by atoms with Gasteiger partial charge < -0.3 is 31.3 Å². The topological polar surface area (TPSA) is 213 Å². The number of aliphatic carboxylic acids is 5. The van der Waals surface area contributed by atoms with Crippen molar-refractivity contribution in [3.63, 3.8) is 0 Å². The number of carboxylic acids is 5. The molecular weight excluding hydrogens is 306 g/mol. The Kier molecular flexibility index (Phi) is 18.1. The van der Waals surface area contributed by atoms with Crippen molar-refractivity contribution >= 4 is 29.8 Å². The summed E-state index contributed by atoms with van der Waals surface area (Å²) in [5, 5.41) is 39.4. The second kappa shape index (κ2) is 16.4. The van der Waals surface area contributed by atoms with Gasteiger partial charge in [-0.05, 0) is 0 Å². The maximum Gasteiger partial charge on any atom is 0.304 e. The first-order valence-corrected chi connectivity index (χ1v) is 5.81. The Balaban J connectivity index is -0.000000249. The lowest BCUT2D eigenvalue weighted by Gasteiger charge is -1.85. The minimum atomic E-state index is -1.08. The molecule has 0 aromatic rings. The molecule has 0 rings (SSSR count). The van der Waals surface area contributed by atoms with Gasteiger partial charge in [-0.15, -0.1) is 0 Å². The molecule has 0 aliphatic carbocycles. The highest BCUT2D eigenvalue weighted by Crippen LogP contribution is 1.86. The van der Waals surface area contributed by atoms with Crippen LogP contribution < -0.4 is 5.73 Å². The molecule has 0 aliphatic rings. The van der Waals surface area contributed by atoms with Crippen molar-refractivity contribution < 1.29 is 49.5 Å². The Morgan fingerprint density at radius 1 is 0.500 bits per heavy atom. The zero-order valence-corrected chi connectivity index (χ0v) is 11.6. The number of carbonyl (C=O) groups is 5. The second-order valence-electron chi connectivity index (χ2n) is 3.51. The highest BCUT2D eigenvalue weighted by Gasteiger charge is 2.01. The predicted molar refractivity (Wildman–Crippen MR) is 70.3 cm³/mol. The summed E-state index contributed by atoms with van der Waals surface area (Å²) in [4.78, 5) is 48.1. The van der Waals surface area contributed by atoms with E-state index < -0.39 is 29.8 Å². The minimum absolute atomic E-state index is 0.0694. The average Bonchev–Trinajstić information content (AvgIpc) is 2.35. The predicted octanol–water partition coefficient (Wildman–Crippen LogP) is -0.709. The fraction of sp³-hybridized carbons (Fsp3) is 0.545. The minimum Gasteiger partial charge on any atom is -0.481 e. The Morgan fingerprint density at radius 2 is 0.682 bits per heavy atom. The summed E-state index contributed by atoms with van der Waals surface area (Å²) in [7, 11) is 0. The molecule has 0 atom stereocenters. The Labute approximate surface area is 125 Å². The molecule has 22 heavy (non-hydrogen) atoms. The van der Waals surface area contributed by atoms with Crippen LogP contribution in [0.3, 0.4) is 0 Å². The quantitative estimate of drug-likeness (QED) is 0.328. The Hall–Kier alpha value is -2.69. The van der Waals surface area contributed by atoms with Crippen molar-refractivity contribution in [1.29, 1.82) is 0 Å². The van der Waals surface area contributed by atoms with Crippen molar-refractivity contribution in [3.8, 4) is 0 Å². The van der Waals surface area contributed by atoms with Crippen LogP contribution in [-0.2, 0) is 24.0 Å². The molecule has 11 nitrogen and oxygen atoms in total. The molecule has 0 aromatic carbocycles. The SMILES string of the molecule is NCCC(=O)O.O=C(O)CCC(=O)O.O=C(O)CCC(=O)O. The molecule has 0 radical (unpaired) electrons. The van der Waals surface area contributed by atoms with Crippen LogP contribution in [0, 0.1) is 0 Å². The fourth-order valence-corrected chi connectivity index (χ4v) is 0.551. The summed E-state index contributed by atoms with van der Waals surface area (Å²) < 4.78 is 0. The van der Waals surface area contributed by atoms with E-state index in [9.17, 15) is 24.0 Å². The van der Waals surface area contributed by atoms with Gasteiger partial charge in [0.05, 0.1) is 32.1 Å². The van der Waals surface area contributed by atoms with Crippen molar-refractivity contribution in [2.45, 2.75) is 32.1 Å². The van der Waals surface area contributed by atoms with E-state index in [0.29, 0.717) is 0 Å². The van der Waals surface area contributed by atoms with Crippen molar-refractivity contribution in [2.75, 3.05) is 6.54 Å². The number of hydrogen-bond donors (Lipinski definition) is 6. The maximum atomic E-state index is 9.64. The van der Waals surface area contributed by atoms with Gasteiger partial charge in [-0.3, -0.25) is 24.0 Å². The van der Waals surface area contributed by atoms with E-state index in [1.54, 1.807) is 0 Å². The standard InChI is InChI=1S/2C4H6O4.C3H7NO2/c2*5-3(6)1-2-4(7)8;4-2-1-3(5)6/h2*1-2H2,(H,5,6)(H,7,8);1-2,4H2,(H,5,6).